The number of carbonyl (C=O) groups is 2. The molecule has 230 valence electrons. The fourth-order valence-electron chi connectivity index (χ4n) is 4.79. The van der Waals surface area contributed by atoms with Gasteiger partial charge in [-0.05, 0) is 74.5 Å². The number of hydrogen-bond donors (Lipinski definition) is 1. The minimum Gasteiger partial charge on any atom is -0.486 e. The third kappa shape index (κ3) is 7.48. The van der Waals surface area contributed by atoms with Gasteiger partial charge in [-0.25, -0.2) is 5.43 Å². The first kappa shape index (κ1) is 30.4. The number of morpholine rings is 1. The van der Waals surface area contributed by atoms with Crippen LogP contribution in [0.2, 0.25) is 0 Å². The molecular formula is C33H37N5O6. The van der Waals surface area contributed by atoms with E-state index in [1.54, 1.807) is 17.0 Å². The first-order valence-corrected chi connectivity index (χ1v) is 14.4. The Morgan fingerprint density at radius 2 is 1.68 bits per heavy atom. The molecule has 2 amide bonds. The molecule has 2 aromatic carbocycles. The summed E-state index contributed by atoms with van der Waals surface area (Å²) in [5.41, 5.74) is 7.36. The van der Waals surface area contributed by atoms with E-state index in [0.717, 1.165) is 22.8 Å². The summed E-state index contributed by atoms with van der Waals surface area (Å²) in [6.45, 7) is 6.32. The third-order valence-corrected chi connectivity index (χ3v) is 7.23. The molecule has 0 atom stereocenters. The summed E-state index contributed by atoms with van der Waals surface area (Å²) < 4.78 is 24.9. The van der Waals surface area contributed by atoms with Crippen molar-refractivity contribution in [2.75, 3.05) is 51.9 Å². The Morgan fingerprint density at radius 1 is 0.955 bits per heavy atom. The molecule has 1 N–H and O–H groups in total. The van der Waals surface area contributed by atoms with E-state index < -0.39 is 5.91 Å². The van der Waals surface area contributed by atoms with Crippen LogP contribution in [-0.4, -0.2) is 74.5 Å². The molecule has 1 aliphatic rings. The molecule has 0 saturated carbocycles. The predicted molar refractivity (Wildman–Crippen MR) is 167 cm³/mol. The van der Waals surface area contributed by atoms with Crippen LogP contribution in [-0.2, 0) is 16.1 Å². The molecule has 4 aromatic rings. The molecule has 1 saturated heterocycles. The Morgan fingerprint density at radius 3 is 2.39 bits per heavy atom. The molecule has 1 aliphatic heterocycles. The van der Waals surface area contributed by atoms with Crippen molar-refractivity contribution in [3.05, 3.63) is 95.2 Å². The van der Waals surface area contributed by atoms with Crippen LogP contribution in [0.5, 0.6) is 11.5 Å². The number of furan rings is 1. The Hall–Kier alpha value is -5.03. The molecule has 0 aliphatic carbocycles. The second-order valence-corrected chi connectivity index (χ2v) is 10.6. The summed E-state index contributed by atoms with van der Waals surface area (Å²) >= 11 is 0. The van der Waals surface area contributed by atoms with Crippen molar-refractivity contribution in [1.29, 1.82) is 0 Å². The SMILES string of the molecule is Cc1ccc(C)n1-c1ccc(OCc2ccc(C(=O)N/N=C/c3ccc(N(C)C)cc3OCC(=O)N3CCOCC3)o2)cc1. The molecule has 5 rings (SSSR count). The van der Waals surface area contributed by atoms with Gasteiger partial charge in [0.1, 0.15) is 23.9 Å². The molecule has 44 heavy (non-hydrogen) atoms. The summed E-state index contributed by atoms with van der Waals surface area (Å²) in [6.07, 6.45) is 1.47. The number of benzene rings is 2. The van der Waals surface area contributed by atoms with Gasteiger partial charge in [0.2, 0.25) is 0 Å². The van der Waals surface area contributed by atoms with Crippen LogP contribution in [0.3, 0.4) is 0 Å². The highest BCUT2D eigenvalue weighted by Crippen LogP contribution is 2.24. The molecule has 0 bridgehead atoms. The van der Waals surface area contributed by atoms with Crippen molar-refractivity contribution in [3.8, 4) is 17.2 Å². The zero-order valence-corrected chi connectivity index (χ0v) is 25.4. The number of hydrazone groups is 1. The highest BCUT2D eigenvalue weighted by molar-refractivity contribution is 5.93. The van der Waals surface area contributed by atoms with Crippen molar-refractivity contribution < 1.29 is 28.2 Å². The summed E-state index contributed by atoms with van der Waals surface area (Å²) in [5.74, 6) is 1.14. The number of amides is 2. The van der Waals surface area contributed by atoms with Gasteiger partial charge in [-0.3, -0.25) is 9.59 Å². The maximum atomic E-state index is 12.7. The zero-order chi connectivity index (χ0) is 31.1. The van der Waals surface area contributed by atoms with Crippen LogP contribution in [0.25, 0.3) is 5.69 Å². The lowest BCUT2D eigenvalue weighted by atomic mass is 10.2. The smallest absolute Gasteiger partial charge is 0.307 e. The van der Waals surface area contributed by atoms with Crippen LogP contribution < -0.4 is 19.8 Å². The number of ether oxygens (including phenoxy) is 3. The molecule has 0 spiro atoms. The van der Waals surface area contributed by atoms with Gasteiger partial charge >= 0.3 is 5.91 Å². The van der Waals surface area contributed by atoms with Crippen LogP contribution in [0.15, 0.2) is 76.2 Å². The summed E-state index contributed by atoms with van der Waals surface area (Å²) in [7, 11) is 3.83. The number of aryl methyl sites for hydroxylation is 2. The Kier molecular flexibility index (Phi) is 9.65. The maximum absolute atomic E-state index is 12.7. The number of hydrogen-bond acceptors (Lipinski definition) is 8. The summed E-state index contributed by atoms with van der Waals surface area (Å²) in [5, 5.41) is 4.09. The van der Waals surface area contributed by atoms with Crippen LogP contribution in [0, 0.1) is 13.8 Å². The van der Waals surface area contributed by atoms with Crippen LogP contribution in [0.1, 0.15) is 33.3 Å². The number of anilines is 1. The number of nitrogens with zero attached hydrogens (tertiary/aromatic N) is 4. The quantitative estimate of drug-likeness (QED) is 0.202. The molecule has 1 fully saturated rings. The molecule has 0 radical (unpaired) electrons. The van der Waals surface area contributed by atoms with Gasteiger partial charge < -0.3 is 33.0 Å². The molecular weight excluding hydrogens is 562 g/mol. The summed E-state index contributed by atoms with van der Waals surface area (Å²) in [4.78, 5) is 28.9. The van der Waals surface area contributed by atoms with Gasteiger partial charge in [-0.1, -0.05) is 0 Å². The average Bonchev–Trinajstić information content (AvgIpc) is 3.65. The van der Waals surface area contributed by atoms with Gasteiger partial charge in [0.15, 0.2) is 12.4 Å². The molecule has 11 nitrogen and oxygen atoms in total. The highest BCUT2D eigenvalue weighted by atomic mass is 16.5. The lowest BCUT2D eigenvalue weighted by molar-refractivity contribution is -0.137. The van der Waals surface area contributed by atoms with E-state index in [-0.39, 0.29) is 24.9 Å². The van der Waals surface area contributed by atoms with Gasteiger partial charge in [0, 0.05) is 61.6 Å². The Bertz CT molecular complexity index is 1600. The van der Waals surface area contributed by atoms with Crippen LogP contribution in [0.4, 0.5) is 5.69 Å². The van der Waals surface area contributed by atoms with E-state index >= 15 is 0 Å². The third-order valence-electron chi connectivity index (χ3n) is 7.23. The fourth-order valence-corrected chi connectivity index (χ4v) is 4.79. The monoisotopic (exact) mass is 599 g/mol. The first-order chi connectivity index (χ1) is 21.3. The van der Waals surface area contributed by atoms with Crippen molar-refractivity contribution >= 4 is 23.7 Å². The van der Waals surface area contributed by atoms with Gasteiger partial charge in [0.05, 0.1) is 19.4 Å². The number of aromatic nitrogens is 1. The number of nitrogens with one attached hydrogen (secondary N) is 1. The molecule has 0 unspecified atom stereocenters. The van der Waals surface area contributed by atoms with E-state index in [1.807, 2.05) is 61.5 Å². The maximum Gasteiger partial charge on any atom is 0.307 e. The minimum atomic E-state index is -0.510. The van der Waals surface area contributed by atoms with Gasteiger partial charge in [-0.15, -0.1) is 0 Å². The van der Waals surface area contributed by atoms with E-state index in [9.17, 15) is 9.59 Å². The Balaban J connectivity index is 1.16. The predicted octanol–water partition coefficient (Wildman–Crippen LogP) is 4.33. The minimum absolute atomic E-state index is 0.102. The first-order valence-electron chi connectivity index (χ1n) is 14.4. The Labute approximate surface area is 256 Å². The van der Waals surface area contributed by atoms with E-state index in [4.69, 9.17) is 18.6 Å². The fraction of sp³-hybridized carbons (Fsp3) is 0.303. The van der Waals surface area contributed by atoms with Gasteiger partial charge in [-0.2, -0.15) is 5.10 Å². The van der Waals surface area contributed by atoms with E-state index in [0.29, 0.717) is 49.1 Å². The second-order valence-electron chi connectivity index (χ2n) is 10.6. The van der Waals surface area contributed by atoms with Crippen molar-refractivity contribution in [2.45, 2.75) is 20.5 Å². The van der Waals surface area contributed by atoms with Crippen LogP contribution >= 0.6 is 0 Å². The molecule has 2 aromatic heterocycles. The van der Waals surface area contributed by atoms with Gasteiger partial charge in [0.25, 0.3) is 5.91 Å². The van der Waals surface area contributed by atoms with E-state index in [2.05, 4.69) is 41.1 Å². The topological polar surface area (TPSA) is 111 Å². The van der Waals surface area contributed by atoms with Crippen molar-refractivity contribution in [3.63, 3.8) is 0 Å². The summed E-state index contributed by atoms with van der Waals surface area (Å²) in [6, 6.07) is 20.8. The zero-order valence-electron chi connectivity index (χ0n) is 25.4. The lowest BCUT2D eigenvalue weighted by Crippen LogP contribution is -2.43. The number of rotatable bonds is 11. The normalized spacial score (nSPS) is 13.2. The van der Waals surface area contributed by atoms with E-state index in [1.165, 1.54) is 6.21 Å². The molecule has 11 heteroatoms. The lowest BCUT2D eigenvalue weighted by Gasteiger charge is -2.27. The molecule has 3 heterocycles. The largest absolute Gasteiger partial charge is 0.486 e. The standard InChI is InChI=1S/C33H37N5O6/c1-23-5-6-24(2)38(23)26-9-11-28(12-10-26)42-21-29-13-14-30(44-29)33(40)35-34-20-25-7-8-27(36(3)4)19-31(25)43-22-32(39)37-15-17-41-18-16-37/h5-14,19-20H,15-18,21-22H2,1-4H3,(H,35,40)/b34-20+. The highest BCUT2D eigenvalue weighted by Gasteiger charge is 2.18. The van der Waals surface area contributed by atoms with Crippen molar-refractivity contribution in [1.82, 2.24) is 14.9 Å². The number of carbonyl (C=O) groups excluding carboxylic acids is 2. The average molecular weight is 600 g/mol. The second kappa shape index (κ2) is 14.0. The van der Waals surface area contributed by atoms with Crippen molar-refractivity contribution in [2.24, 2.45) is 5.10 Å².